The van der Waals surface area contributed by atoms with E-state index in [4.69, 9.17) is 0 Å². The van der Waals surface area contributed by atoms with Crippen molar-refractivity contribution < 1.29 is 15.0 Å². The van der Waals surface area contributed by atoms with Crippen LogP contribution in [0.4, 0.5) is 0 Å². The van der Waals surface area contributed by atoms with Crippen LogP contribution in [0.25, 0.3) is 0 Å². The number of hydrogen-bond acceptors (Lipinski definition) is 2. The van der Waals surface area contributed by atoms with Crippen molar-refractivity contribution in [3.8, 4) is 0 Å². The summed E-state index contributed by atoms with van der Waals surface area (Å²) in [7, 11) is 0. The highest BCUT2D eigenvalue weighted by Gasteiger charge is 2.52. The van der Waals surface area contributed by atoms with Gasteiger partial charge >= 0.3 is 5.97 Å². The van der Waals surface area contributed by atoms with Crippen molar-refractivity contribution in [3.05, 3.63) is 0 Å². The quantitative estimate of drug-likeness (QED) is 0.778. The average molecular weight is 228 g/mol. The van der Waals surface area contributed by atoms with Gasteiger partial charge < -0.3 is 10.2 Å². The van der Waals surface area contributed by atoms with Gasteiger partial charge in [-0.25, -0.2) is 0 Å². The van der Waals surface area contributed by atoms with E-state index in [1.165, 1.54) is 0 Å². The van der Waals surface area contributed by atoms with Crippen LogP contribution in [0.2, 0.25) is 0 Å². The molecule has 3 heteroatoms. The van der Waals surface area contributed by atoms with E-state index in [9.17, 15) is 15.0 Å². The SMILES string of the molecule is CCCC(C(=O)O)C1(O)CCCCC1(C)C. The molecule has 16 heavy (non-hydrogen) atoms. The molecule has 0 aromatic carbocycles. The van der Waals surface area contributed by atoms with Gasteiger partial charge in [0.15, 0.2) is 0 Å². The van der Waals surface area contributed by atoms with Gasteiger partial charge in [-0.2, -0.15) is 0 Å². The van der Waals surface area contributed by atoms with Crippen LogP contribution in [0.3, 0.4) is 0 Å². The normalized spacial score (nSPS) is 31.0. The molecular formula is C13H24O3. The summed E-state index contributed by atoms with van der Waals surface area (Å²) < 4.78 is 0. The van der Waals surface area contributed by atoms with Crippen LogP contribution in [0.15, 0.2) is 0 Å². The molecule has 0 heterocycles. The Morgan fingerprint density at radius 2 is 1.88 bits per heavy atom. The second-order valence-electron chi connectivity index (χ2n) is 5.69. The van der Waals surface area contributed by atoms with Crippen molar-refractivity contribution in [3.63, 3.8) is 0 Å². The fraction of sp³-hybridized carbons (Fsp3) is 0.923. The minimum atomic E-state index is -1.03. The first-order valence-electron chi connectivity index (χ1n) is 6.30. The predicted octanol–water partition coefficient (Wildman–Crippen LogP) is 2.82. The molecule has 0 aliphatic heterocycles. The molecule has 1 fully saturated rings. The van der Waals surface area contributed by atoms with Crippen molar-refractivity contribution in [2.24, 2.45) is 11.3 Å². The van der Waals surface area contributed by atoms with Gasteiger partial charge in [-0.1, -0.05) is 40.0 Å². The monoisotopic (exact) mass is 228 g/mol. The smallest absolute Gasteiger partial charge is 0.309 e. The van der Waals surface area contributed by atoms with Crippen molar-refractivity contribution >= 4 is 5.97 Å². The molecule has 2 N–H and O–H groups in total. The van der Waals surface area contributed by atoms with Gasteiger partial charge in [-0.3, -0.25) is 4.79 Å². The van der Waals surface area contributed by atoms with Crippen molar-refractivity contribution in [1.29, 1.82) is 0 Å². The Bertz CT molecular complexity index is 260. The van der Waals surface area contributed by atoms with Gasteiger partial charge in [-0.15, -0.1) is 0 Å². The van der Waals surface area contributed by atoms with Crippen molar-refractivity contribution in [2.45, 2.75) is 64.9 Å². The molecule has 3 nitrogen and oxygen atoms in total. The van der Waals surface area contributed by atoms with E-state index in [-0.39, 0.29) is 5.41 Å². The molecule has 0 radical (unpaired) electrons. The van der Waals surface area contributed by atoms with Gasteiger partial charge in [0.05, 0.1) is 11.5 Å². The van der Waals surface area contributed by atoms with E-state index < -0.39 is 17.5 Å². The summed E-state index contributed by atoms with van der Waals surface area (Å²) in [6.07, 6.45) is 4.93. The van der Waals surface area contributed by atoms with Gasteiger partial charge in [0.25, 0.3) is 0 Å². The molecule has 1 rings (SSSR count). The van der Waals surface area contributed by atoms with E-state index in [0.29, 0.717) is 12.8 Å². The molecule has 2 unspecified atom stereocenters. The molecule has 1 saturated carbocycles. The van der Waals surface area contributed by atoms with Crippen LogP contribution in [-0.2, 0) is 4.79 Å². The maximum absolute atomic E-state index is 11.3. The van der Waals surface area contributed by atoms with Gasteiger partial charge in [0.2, 0.25) is 0 Å². The number of carboxylic acids is 1. The predicted molar refractivity (Wildman–Crippen MR) is 63.2 cm³/mol. The Hall–Kier alpha value is -0.570. The van der Waals surface area contributed by atoms with Gasteiger partial charge in [0.1, 0.15) is 0 Å². The van der Waals surface area contributed by atoms with Gasteiger partial charge in [0, 0.05) is 0 Å². The third-order valence-electron chi connectivity index (χ3n) is 4.23. The highest BCUT2D eigenvalue weighted by Crippen LogP contribution is 2.49. The molecule has 2 atom stereocenters. The lowest BCUT2D eigenvalue weighted by Gasteiger charge is -2.49. The first kappa shape index (κ1) is 13.5. The standard InChI is InChI=1S/C13H24O3/c1-4-7-10(11(14)15)13(16)9-6-5-8-12(13,2)3/h10,16H,4-9H2,1-3H3,(H,14,15). The molecule has 1 aliphatic carbocycles. The van der Waals surface area contributed by atoms with Crippen LogP contribution in [0.1, 0.15) is 59.3 Å². The third-order valence-corrected chi connectivity index (χ3v) is 4.23. The van der Waals surface area contributed by atoms with E-state index in [2.05, 4.69) is 0 Å². The maximum Gasteiger partial charge on any atom is 0.309 e. The summed E-state index contributed by atoms with van der Waals surface area (Å²) in [6, 6.07) is 0. The first-order chi connectivity index (χ1) is 7.35. The second kappa shape index (κ2) is 4.74. The van der Waals surface area contributed by atoms with E-state index >= 15 is 0 Å². The fourth-order valence-corrected chi connectivity index (χ4v) is 3.02. The van der Waals surface area contributed by atoms with Crippen LogP contribution in [0.5, 0.6) is 0 Å². The number of rotatable bonds is 4. The summed E-state index contributed by atoms with van der Waals surface area (Å²) in [5, 5.41) is 20.1. The van der Waals surface area contributed by atoms with Crippen LogP contribution in [0, 0.1) is 11.3 Å². The maximum atomic E-state index is 11.3. The molecule has 0 aromatic heterocycles. The zero-order chi connectivity index (χ0) is 12.4. The highest BCUT2D eigenvalue weighted by atomic mass is 16.4. The second-order valence-corrected chi connectivity index (χ2v) is 5.69. The molecule has 0 bridgehead atoms. The highest BCUT2D eigenvalue weighted by molar-refractivity contribution is 5.71. The van der Waals surface area contributed by atoms with Gasteiger partial charge in [-0.05, 0) is 24.7 Å². The summed E-state index contributed by atoms with van der Waals surface area (Å²) in [5.41, 5.74) is -1.32. The van der Waals surface area contributed by atoms with Crippen LogP contribution in [-0.4, -0.2) is 21.8 Å². The van der Waals surface area contributed by atoms with Crippen molar-refractivity contribution in [2.75, 3.05) is 0 Å². The molecule has 0 saturated heterocycles. The lowest BCUT2D eigenvalue weighted by atomic mass is 9.59. The Balaban J connectivity index is 2.98. The summed E-state index contributed by atoms with van der Waals surface area (Å²) in [4.78, 5) is 11.3. The minimum absolute atomic E-state index is 0.288. The average Bonchev–Trinajstić information content (AvgIpc) is 2.18. The van der Waals surface area contributed by atoms with Crippen LogP contribution >= 0.6 is 0 Å². The third kappa shape index (κ3) is 2.24. The number of aliphatic carboxylic acids is 1. The lowest BCUT2D eigenvalue weighted by Crippen LogP contribution is -2.55. The van der Waals surface area contributed by atoms with E-state index in [1.54, 1.807) is 0 Å². The Morgan fingerprint density at radius 1 is 1.31 bits per heavy atom. The molecule has 94 valence electrons. The summed E-state index contributed by atoms with van der Waals surface area (Å²) >= 11 is 0. The largest absolute Gasteiger partial charge is 0.481 e. The first-order valence-corrected chi connectivity index (χ1v) is 6.30. The van der Waals surface area contributed by atoms with E-state index in [0.717, 1.165) is 25.7 Å². The lowest BCUT2D eigenvalue weighted by molar-refractivity contribution is -0.175. The zero-order valence-electron chi connectivity index (χ0n) is 10.6. The Morgan fingerprint density at radius 3 is 2.31 bits per heavy atom. The Kier molecular flexibility index (Phi) is 4.00. The molecular weight excluding hydrogens is 204 g/mol. The number of carboxylic acid groups (broad SMARTS) is 1. The summed E-state index contributed by atoms with van der Waals surface area (Å²) in [5.74, 6) is -1.47. The topological polar surface area (TPSA) is 57.5 Å². The number of carbonyl (C=O) groups is 1. The zero-order valence-corrected chi connectivity index (χ0v) is 10.6. The molecule has 0 amide bonds. The summed E-state index contributed by atoms with van der Waals surface area (Å²) in [6.45, 7) is 5.96. The van der Waals surface area contributed by atoms with E-state index in [1.807, 2.05) is 20.8 Å². The van der Waals surface area contributed by atoms with Crippen molar-refractivity contribution in [1.82, 2.24) is 0 Å². The molecule has 1 aliphatic rings. The molecule has 0 aromatic rings. The van der Waals surface area contributed by atoms with Crippen LogP contribution < -0.4 is 0 Å². The minimum Gasteiger partial charge on any atom is -0.481 e. The Labute approximate surface area is 97.9 Å². The fourth-order valence-electron chi connectivity index (χ4n) is 3.02. The molecule has 0 spiro atoms. The number of aliphatic hydroxyl groups is 1. The number of hydrogen-bond donors (Lipinski definition) is 2.